The first-order valence-electron chi connectivity index (χ1n) is 16.2. The maximum absolute atomic E-state index is 3.92. The molecule has 10 saturated heterocycles. The van der Waals surface area contributed by atoms with E-state index in [1.165, 1.54) is 62.9 Å². The molecule has 10 heterocycles. The van der Waals surface area contributed by atoms with Gasteiger partial charge in [0.1, 0.15) is 0 Å². The molecule has 0 radical (unpaired) electrons. The van der Waals surface area contributed by atoms with E-state index in [1.54, 1.807) is 22.3 Å². The molecule has 4 unspecified atom stereocenters. The summed E-state index contributed by atoms with van der Waals surface area (Å²) in [5.41, 5.74) is 6.60. The van der Waals surface area contributed by atoms with Crippen molar-refractivity contribution in [3.8, 4) is 0 Å². The monoisotopic (exact) mass is 606 g/mol. The third kappa shape index (κ3) is 0.619. The van der Waals surface area contributed by atoms with E-state index in [-0.39, 0.29) is 15.8 Å². The van der Waals surface area contributed by atoms with Gasteiger partial charge in [0.25, 0.3) is 0 Å². The average Bonchev–Trinajstić information content (AvgIpc) is 3.97. The van der Waals surface area contributed by atoms with Crippen molar-refractivity contribution in [2.45, 2.75) is 70.9 Å². The molecule has 4 aromatic carbocycles. The zero-order valence-corrected chi connectivity index (χ0v) is 26.4. The summed E-state index contributed by atoms with van der Waals surface area (Å²) in [6.07, 6.45) is 5.62. The van der Waals surface area contributed by atoms with E-state index in [1.807, 2.05) is 0 Å². The molecular formula is C38H36CrP2. The quantitative estimate of drug-likeness (QED) is 0.158. The Morgan fingerprint density at radius 3 is 0.878 bits per heavy atom. The summed E-state index contributed by atoms with van der Waals surface area (Å²) in [5.74, 6) is 0. The summed E-state index contributed by atoms with van der Waals surface area (Å²) in [6, 6.07) is 47.3. The molecule has 0 aliphatic carbocycles. The van der Waals surface area contributed by atoms with E-state index < -0.39 is 6.65 Å². The molecule has 0 nitrogen and oxygen atoms in total. The van der Waals surface area contributed by atoms with Crippen LogP contribution in [-0.4, -0.2) is 8.04 Å². The van der Waals surface area contributed by atoms with Crippen LogP contribution in [0.25, 0.3) is 0 Å². The molecule has 4 atom stereocenters. The van der Waals surface area contributed by atoms with Crippen molar-refractivity contribution in [3.05, 3.63) is 144 Å². The number of hydrogen-bond donors (Lipinski definition) is 0. The van der Waals surface area contributed by atoms with Crippen LogP contribution in [0.4, 0.5) is 0 Å². The Balaban J connectivity index is 1.02. The molecule has 204 valence electrons. The van der Waals surface area contributed by atoms with E-state index >= 15 is 0 Å². The average molecular weight is 607 g/mol. The second kappa shape index (κ2) is 3.62. The summed E-state index contributed by atoms with van der Waals surface area (Å²) in [5, 5.41) is 0. The van der Waals surface area contributed by atoms with Gasteiger partial charge in [0.05, 0.1) is 0 Å². The van der Waals surface area contributed by atoms with E-state index in [2.05, 4.69) is 121 Å². The van der Waals surface area contributed by atoms with Crippen molar-refractivity contribution >= 4 is 15.8 Å². The Morgan fingerprint density at radius 1 is 0.390 bits per heavy atom. The van der Waals surface area contributed by atoms with Crippen LogP contribution in [0.2, 0.25) is 38.2 Å². The van der Waals surface area contributed by atoms with E-state index in [0.29, 0.717) is 0 Å². The van der Waals surface area contributed by atoms with Crippen LogP contribution in [-0.2, 0) is 31.3 Å². The molecule has 0 saturated carbocycles. The molecule has 10 aliphatic rings. The van der Waals surface area contributed by atoms with Gasteiger partial charge < -0.3 is 0 Å². The van der Waals surface area contributed by atoms with Crippen LogP contribution < -0.4 is 0 Å². The zero-order valence-electron chi connectivity index (χ0n) is 23.3. The van der Waals surface area contributed by atoms with Gasteiger partial charge in [-0.1, -0.05) is 0 Å². The van der Waals surface area contributed by atoms with E-state index in [4.69, 9.17) is 0 Å². The number of fused-ring (bicyclic) bond motifs is 10. The normalized spacial score (nSPS) is 58.1. The molecule has 41 heavy (non-hydrogen) atoms. The third-order valence-corrected chi connectivity index (χ3v) is 88.4. The van der Waals surface area contributed by atoms with Crippen molar-refractivity contribution in [3.63, 3.8) is 0 Å². The van der Waals surface area contributed by atoms with Gasteiger partial charge in [-0.25, -0.2) is 0 Å². The first kappa shape index (κ1) is 21.1. The van der Waals surface area contributed by atoms with Gasteiger partial charge in [-0.05, 0) is 0 Å². The Kier molecular flexibility index (Phi) is 1.86. The summed E-state index contributed by atoms with van der Waals surface area (Å²) >= 11 is 0. The van der Waals surface area contributed by atoms with Crippen molar-refractivity contribution in [1.82, 2.24) is 0 Å². The standard InChI is InChI=1S/C33H31P2.C5H5.Cr/c1-5-14-28(15-6-1)24-34(25-29-16-7-2-8-17-29)32-22-13-23-33(32)35(26-30-18-9-3-10-19-30)27-31-20-11-4-12-21-31;1-2-4-5-3-1;/h1-23H,24-27H2;1-5H;. The number of benzene rings is 4. The molecule has 0 aromatic heterocycles. The van der Waals surface area contributed by atoms with Gasteiger partial charge in [0.2, 0.25) is 0 Å². The first-order chi connectivity index (χ1) is 20.0. The van der Waals surface area contributed by atoms with Gasteiger partial charge in [0, 0.05) is 0 Å². The fourth-order valence-electron chi connectivity index (χ4n) is 24.9. The molecule has 14 rings (SSSR count). The van der Waals surface area contributed by atoms with Crippen molar-refractivity contribution in [1.29, 1.82) is 0 Å². The van der Waals surface area contributed by atoms with Crippen LogP contribution in [0.3, 0.4) is 0 Å². The van der Waals surface area contributed by atoms with Gasteiger partial charge in [0.15, 0.2) is 0 Å². The topological polar surface area (TPSA) is 0 Å². The maximum atomic E-state index is 2.48. The molecule has 1 spiro atoms. The second-order valence-electron chi connectivity index (χ2n) is 18.5. The molecule has 10 aliphatic heterocycles. The van der Waals surface area contributed by atoms with Crippen LogP contribution in [0.15, 0.2) is 121 Å². The predicted octanol–water partition coefficient (Wildman–Crippen LogP) is 11.0. The molecule has 0 bridgehead atoms. The second-order valence-corrected chi connectivity index (χ2v) is 51.1. The van der Waals surface area contributed by atoms with E-state index in [0.717, 1.165) is 8.04 Å². The molecular weight excluding hydrogens is 570 g/mol. The Morgan fingerprint density at radius 2 is 0.659 bits per heavy atom. The number of hydrogen-bond acceptors (Lipinski definition) is 0. The minimum atomic E-state index is -3.92. The Hall–Kier alpha value is -1.73. The minimum absolute atomic E-state index is 0.0392. The van der Waals surface area contributed by atoms with Crippen molar-refractivity contribution < 1.29 is 6.65 Å². The summed E-state index contributed by atoms with van der Waals surface area (Å²) in [4.78, 5) is 0. The Bertz CT molecular complexity index is 1970. The Labute approximate surface area is 235 Å². The van der Waals surface area contributed by atoms with Gasteiger partial charge in [-0.2, -0.15) is 0 Å². The van der Waals surface area contributed by atoms with Gasteiger partial charge in [-0.15, -0.1) is 0 Å². The van der Waals surface area contributed by atoms with Crippen LogP contribution in [0.1, 0.15) is 22.3 Å². The summed E-state index contributed by atoms with van der Waals surface area (Å²) in [6.45, 7) is -3.92. The molecule has 0 N–H and O–H groups in total. The SMILES string of the molecule is c1ccc(CP(Cc2ccccc2)[C]23[CH]4[CH]5[CH]6[C]2(P(Cc2ccccc2)Cc2ccccc2)[Cr]54632789[CH]3[CH]2[CH]7[CH]8[CH]39)cc1. The molecule has 0 amide bonds. The predicted molar refractivity (Wildman–Crippen MR) is 170 cm³/mol. The van der Waals surface area contributed by atoms with Crippen LogP contribution in [0.5, 0.6) is 0 Å². The first-order valence-corrected chi connectivity index (χ1v) is 26.8. The summed E-state index contributed by atoms with van der Waals surface area (Å²) < 4.78 is 12.7. The fourth-order valence-corrected chi connectivity index (χ4v) is 155. The fraction of sp³-hybridized carbons (Fsp3) is 0.368. The number of rotatable bonds is 10. The van der Waals surface area contributed by atoms with Crippen LogP contribution >= 0.6 is 15.8 Å². The third-order valence-electron chi connectivity index (χ3n) is 22.6. The van der Waals surface area contributed by atoms with Crippen molar-refractivity contribution in [2.24, 2.45) is 0 Å². The van der Waals surface area contributed by atoms with Crippen LogP contribution in [0, 0.1) is 0 Å². The van der Waals surface area contributed by atoms with E-state index in [9.17, 15) is 0 Å². The molecule has 3 heteroatoms. The summed E-state index contributed by atoms with van der Waals surface area (Å²) in [7, 11) is -0.0783. The van der Waals surface area contributed by atoms with Gasteiger partial charge in [-0.3, -0.25) is 0 Å². The van der Waals surface area contributed by atoms with Gasteiger partial charge >= 0.3 is 237 Å². The zero-order chi connectivity index (χ0) is 26.4. The molecule has 4 aromatic rings. The molecule has 10 fully saturated rings. The van der Waals surface area contributed by atoms with Crippen molar-refractivity contribution in [2.75, 3.05) is 0 Å².